The number of nitrogens with two attached hydrogens (primary N) is 1. The minimum atomic E-state index is -3.76. The van der Waals surface area contributed by atoms with Crippen molar-refractivity contribution < 1.29 is 21.6 Å². The molecule has 1 aromatic carbocycles. The molecular formula is C11H15N3O5S2. The van der Waals surface area contributed by atoms with Crippen LogP contribution in [-0.4, -0.2) is 40.8 Å². The van der Waals surface area contributed by atoms with Crippen LogP contribution in [0.3, 0.4) is 0 Å². The smallest absolute Gasteiger partial charge is 0.229 e. The first-order valence-electron chi connectivity index (χ1n) is 5.96. The zero-order valence-corrected chi connectivity index (χ0v) is 12.8. The lowest BCUT2D eigenvalue weighted by Crippen LogP contribution is -2.32. The number of sulfonamides is 2. The van der Waals surface area contributed by atoms with E-state index in [1.807, 2.05) is 0 Å². The molecule has 0 bridgehead atoms. The van der Waals surface area contributed by atoms with Crippen molar-refractivity contribution in [2.45, 2.75) is 11.7 Å². The molecule has 116 valence electrons. The largest absolute Gasteiger partial charge is 0.311 e. The lowest BCUT2D eigenvalue weighted by atomic mass is 10.2. The molecule has 0 aliphatic carbocycles. The number of carbonyl (C=O) groups excluding carboxylic acids is 1. The zero-order chi connectivity index (χ0) is 15.8. The van der Waals surface area contributed by atoms with Crippen LogP contribution in [-0.2, 0) is 24.8 Å². The molecule has 8 nitrogen and oxygen atoms in total. The molecule has 2 rings (SSSR count). The van der Waals surface area contributed by atoms with Gasteiger partial charge in [-0.25, -0.2) is 22.0 Å². The Kier molecular flexibility index (Phi) is 3.95. The summed E-state index contributed by atoms with van der Waals surface area (Å²) in [6, 6.07) is 6.07. The maximum absolute atomic E-state index is 11.8. The average Bonchev–Trinajstić information content (AvgIpc) is 2.70. The molecule has 1 atom stereocenters. The molecule has 1 aliphatic heterocycles. The fourth-order valence-corrected chi connectivity index (χ4v) is 3.36. The molecule has 1 unspecified atom stereocenters. The molecule has 0 spiro atoms. The number of rotatable bonds is 4. The third kappa shape index (κ3) is 3.93. The number of amides is 1. The first-order chi connectivity index (χ1) is 9.56. The Labute approximate surface area is 123 Å². The topological polar surface area (TPSA) is 127 Å². The fourth-order valence-electron chi connectivity index (χ4n) is 2.07. The summed E-state index contributed by atoms with van der Waals surface area (Å²) < 4.78 is 47.1. The molecule has 10 heteroatoms. The van der Waals surface area contributed by atoms with Crippen molar-refractivity contribution in [3.05, 3.63) is 24.3 Å². The van der Waals surface area contributed by atoms with Crippen molar-refractivity contribution in [1.29, 1.82) is 0 Å². The molecule has 1 heterocycles. The number of carbonyl (C=O) groups is 1. The van der Waals surface area contributed by atoms with Crippen molar-refractivity contribution in [1.82, 2.24) is 0 Å². The Balaban J connectivity index is 2.18. The highest BCUT2D eigenvalue weighted by atomic mass is 32.2. The van der Waals surface area contributed by atoms with Crippen LogP contribution in [0.15, 0.2) is 24.3 Å². The van der Waals surface area contributed by atoms with Crippen molar-refractivity contribution in [3.8, 4) is 0 Å². The summed E-state index contributed by atoms with van der Waals surface area (Å²) in [5, 5.41) is 4.14. The fraction of sp³-hybridized carbons (Fsp3) is 0.364. The second-order valence-corrected chi connectivity index (χ2v) is 8.43. The maximum Gasteiger partial charge on any atom is 0.229 e. The van der Waals surface area contributed by atoms with E-state index in [1.54, 1.807) is 0 Å². The van der Waals surface area contributed by atoms with Gasteiger partial charge in [-0.1, -0.05) is 0 Å². The number of anilines is 2. The standard InChI is InChI=1S/C11H15N3O5S2/c1-20(16,17)13-8-2-4-9(5-3-8)14-7-10(6-11(14)15)21(12,18)19/h2-5,10,13H,6-7H2,1H3,(H2,12,18,19). The lowest BCUT2D eigenvalue weighted by Gasteiger charge is -2.16. The van der Waals surface area contributed by atoms with E-state index in [2.05, 4.69) is 4.72 Å². The zero-order valence-electron chi connectivity index (χ0n) is 11.2. The van der Waals surface area contributed by atoms with Crippen LogP contribution in [0.5, 0.6) is 0 Å². The van der Waals surface area contributed by atoms with E-state index in [-0.39, 0.29) is 18.9 Å². The molecule has 1 saturated heterocycles. The van der Waals surface area contributed by atoms with Gasteiger partial charge in [-0.15, -0.1) is 0 Å². The quantitative estimate of drug-likeness (QED) is 0.764. The molecule has 0 saturated carbocycles. The minimum absolute atomic E-state index is 0.00345. The van der Waals surface area contributed by atoms with Gasteiger partial charge in [0.15, 0.2) is 0 Å². The average molecular weight is 333 g/mol. The van der Waals surface area contributed by atoms with Crippen LogP contribution in [0.25, 0.3) is 0 Å². The third-order valence-electron chi connectivity index (χ3n) is 3.04. The van der Waals surface area contributed by atoms with Gasteiger partial charge in [-0.2, -0.15) is 0 Å². The second kappa shape index (κ2) is 5.28. The van der Waals surface area contributed by atoms with E-state index in [9.17, 15) is 21.6 Å². The van der Waals surface area contributed by atoms with Gasteiger partial charge >= 0.3 is 0 Å². The molecular weight excluding hydrogens is 318 g/mol. The van der Waals surface area contributed by atoms with Crippen LogP contribution in [0.2, 0.25) is 0 Å². The molecule has 1 fully saturated rings. The molecule has 1 aromatic rings. The van der Waals surface area contributed by atoms with Gasteiger partial charge in [0.2, 0.25) is 26.0 Å². The monoisotopic (exact) mass is 333 g/mol. The highest BCUT2D eigenvalue weighted by molar-refractivity contribution is 7.92. The molecule has 0 radical (unpaired) electrons. The van der Waals surface area contributed by atoms with Crippen molar-refractivity contribution in [2.24, 2.45) is 5.14 Å². The summed E-state index contributed by atoms with van der Waals surface area (Å²) >= 11 is 0. The van der Waals surface area contributed by atoms with Crippen LogP contribution in [0, 0.1) is 0 Å². The van der Waals surface area contributed by atoms with Crippen LogP contribution in [0.1, 0.15) is 6.42 Å². The van der Waals surface area contributed by atoms with E-state index < -0.39 is 25.3 Å². The van der Waals surface area contributed by atoms with Crippen LogP contribution >= 0.6 is 0 Å². The predicted octanol–water partition coefficient (Wildman–Crippen LogP) is -0.548. The Hall–Kier alpha value is -1.65. The third-order valence-corrected chi connectivity index (χ3v) is 4.89. The SMILES string of the molecule is CS(=O)(=O)Nc1ccc(N2CC(S(N)(=O)=O)CC2=O)cc1. The number of primary sulfonamides is 1. The van der Waals surface area contributed by atoms with Gasteiger partial charge in [0.1, 0.15) is 5.25 Å². The molecule has 3 N–H and O–H groups in total. The van der Waals surface area contributed by atoms with E-state index in [1.165, 1.54) is 29.2 Å². The maximum atomic E-state index is 11.8. The van der Waals surface area contributed by atoms with E-state index in [0.29, 0.717) is 11.4 Å². The van der Waals surface area contributed by atoms with Gasteiger partial charge < -0.3 is 4.90 Å². The molecule has 1 aliphatic rings. The minimum Gasteiger partial charge on any atom is -0.311 e. The number of hydrogen-bond donors (Lipinski definition) is 2. The Morgan fingerprint density at radius 2 is 1.76 bits per heavy atom. The van der Waals surface area contributed by atoms with Crippen molar-refractivity contribution >= 4 is 37.3 Å². The molecule has 21 heavy (non-hydrogen) atoms. The number of nitrogens with zero attached hydrogens (tertiary/aromatic N) is 1. The van der Waals surface area contributed by atoms with Crippen LogP contribution in [0.4, 0.5) is 11.4 Å². The summed E-state index contributed by atoms with van der Waals surface area (Å²) in [5.74, 6) is -0.335. The predicted molar refractivity (Wildman–Crippen MR) is 78.8 cm³/mol. The lowest BCUT2D eigenvalue weighted by molar-refractivity contribution is -0.117. The number of hydrogen-bond acceptors (Lipinski definition) is 5. The summed E-state index contributed by atoms with van der Waals surface area (Å²) in [6.45, 7) is -0.00345. The Bertz CT molecular complexity index is 756. The van der Waals surface area contributed by atoms with Gasteiger partial charge in [0.25, 0.3) is 0 Å². The van der Waals surface area contributed by atoms with Crippen molar-refractivity contribution in [3.63, 3.8) is 0 Å². The van der Waals surface area contributed by atoms with Crippen molar-refractivity contribution in [2.75, 3.05) is 22.4 Å². The van der Waals surface area contributed by atoms with Gasteiger partial charge in [0.05, 0.1) is 6.26 Å². The first kappa shape index (κ1) is 15.7. The van der Waals surface area contributed by atoms with Gasteiger partial charge in [0, 0.05) is 24.3 Å². The summed E-state index contributed by atoms with van der Waals surface area (Å²) in [4.78, 5) is 13.2. The summed E-state index contributed by atoms with van der Waals surface area (Å²) in [7, 11) is -7.14. The van der Waals surface area contributed by atoms with Gasteiger partial charge in [-0.3, -0.25) is 9.52 Å². The van der Waals surface area contributed by atoms with Gasteiger partial charge in [-0.05, 0) is 24.3 Å². The molecule has 0 aromatic heterocycles. The van der Waals surface area contributed by atoms with E-state index in [0.717, 1.165) is 6.26 Å². The summed E-state index contributed by atoms with van der Waals surface area (Å²) in [5.41, 5.74) is 0.848. The highest BCUT2D eigenvalue weighted by Gasteiger charge is 2.37. The van der Waals surface area contributed by atoms with Crippen LogP contribution < -0.4 is 14.8 Å². The van der Waals surface area contributed by atoms with E-state index >= 15 is 0 Å². The second-order valence-electron chi connectivity index (χ2n) is 4.84. The summed E-state index contributed by atoms with van der Waals surface area (Å²) in [6.07, 6.45) is 0.879. The number of benzene rings is 1. The Morgan fingerprint density at radius 1 is 1.19 bits per heavy atom. The molecule has 1 amide bonds. The highest BCUT2D eigenvalue weighted by Crippen LogP contribution is 2.25. The Morgan fingerprint density at radius 3 is 2.19 bits per heavy atom. The first-order valence-corrected chi connectivity index (χ1v) is 9.46. The normalized spacial score (nSPS) is 19.8. The number of nitrogens with one attached hydrogen (secondary N) is 1. The van der Waals surface area contributed by atoms with E-state index in [4.69, 9.17) is 5.14 Å².